The first-order valence-electron chi connectivity index (χ1n) is 10.8. The van der Waals surface area contributed by atoms with Crippen LogP contribution in [0, 0.1) is 0 Å². The first-order valence-corrected chi connectivity index (χ1v) is 11.1. The summed E-state index contributed by atoms with van der Waals surface area (Å²) in [5.41, 5.74) is 0.824. The van der Waals surface area contributed by atoms with Gasteiger partial charge in [-0.1, -0.05) is 23.7 Å². The van der Waals surface area contributed by atoms with E-state index >= 15 is 0 Å². The van der Waals surface area contributed by atoms with Crippen molar-refractivity contribution >= 4 is 35.0 Å². The summed E-state index contributed by atoms with van der Waals surface area (Å²) in [6.45, 7) is 4.10. The first-order chi connectivity index (χ1) is 16.3. The molecule has 1 aliphatic rings. The van der Waals surface area contributed by atoms with Gasteiger partial charge in [-0.25, -0.2) is 0 Å². The molecule has 34 heavy (non-hydrogen) atoms. The molecule has 1 aliphatic heterocycles. The van der Waals surface area contributed by atoms with Crippen LogP contribution in [0.25, 0.3) is 5.76 Å². The van der Waals surface area contributed by atoms with Crippen molar-refractivity contribution in [1.29, 1.82) is 0 Å². The molecule has 0 saturated carbocycles. The van der Waals surface area contributed by atoms with Crippen LogP contribution in [0.4, 0.5) is 0 Å². The lowest BCUT2D eigenvalue weighted by atomic mass is 9.95. The highest BCUT2D eigenvalue weighted by Crippen LogP contribution is 2.40. The summed E-state index contributed by atoms with van der Waals surface area (Å²) in [7, 11) is 1.55. The maximum atomic E-state index is 13.1. The molecule has 0 radical (unpaired) electrons. The Labute approximate surface area is 202 Å². The Bertz CT molecular complexity index is 1110. The van der Waals surface area contributed by atoms with Crippen LogP contribution in [0.3, 0.4) is 0 Å². The number of esters is 1. The van der Waals surface area contributed by atoms with E-state index < -0.39 is 23.7 Å². The predicted molar refractivity (Wildman–Crippen MR) is 126 cm³/mol. The van der Waals surface area contributed by atoms with Crippen molar-refractivity contribution in [3.05, 3.63) is 64.2 Å². The van der Waals surface area contributed by atoms with Gasteiger partial charge in [0.15, 0.2) is 0 Å². The summed E-state index contributed by atoms with van der Waals surface area (Å²) >= 11 is 6.16. The average molecular weight is 488 g/mol. The zero-order chi connectivity index (χ0) is 24.8. The monoisotopic (exact) mass is 487 g/mol. The summed E-state index contributed by atoms with van der Waals surface area (Å²) in [5, 5.41) is 11.5. The third-order valence-corrected chi connectivity index (χ3v) is 5.56. The van der Waals surface area contributed by atoms with Gasteiger partial charge in [-0.2, -0.15) is 0 Å². The van der Waals surface area contributed by atoms with Crippen LogP contribution in [0.5, 0.6) is 11.5 Å². The number of aliphatic hydroxyl groups excluding tert-OH is 1. The number of methoxy groups -OCH3 is 1. The highest BCUT2D eigenvalue weighted by atomic mass is 35.5. The number of nitrogens with zero attached hydrogens (tertiary/aromatic N) is 1. The van der Waals surface area contributed by atoms with E-state index in [1.165, 1.54) is 17.9 Å². The predicted octanol–water partition coefficient (Wildman–Crippen LogP) is 4.12. The number of ether oxygens (including phenoxy) is 3. The van der Waals surface area contributed by atoms with Gasteiger partial charge in [0, 0.05) is 32.7 Å². The van der Waals surface area contributed by atoms with Crippen molar-refractivity contribution in [2.45, 2.75) is 26.3 Å². The second-order valence-corrected chi connectivity index (χ2v) is 7.99. The molecule has 1 atom stereocenters. The molecule has 0 spiro atoms. The molecule has 180 valence electrons. The Balaban J connectivity index is 2.10. The third-order valence-electron chi connectivity index (χ3n) is 5.25. The molecule has 0 aliphatic carbocycles. The number of rotatable bonds is 9. The highest BCUT2D eigenvalue weighted by molar-refractivity contribution is 6.46. The van der Waals surface area contributed by atoms with E-state index in [9.17, 15) is 19.5 Å². The summed E-state index contributed by atoms with van der Waals surface area (Å²) in [5.74, 6) is -1.63. The van der Waals surface area contributed by atoms with Gasteiger partial charge in [-0.3, -0.25) is 14.4 Å². The van der Waals surface area contributed by atoms with Crippen molar-refractivity contribution < 1.29 is 33.7 Å². The fourth-order valence-corrected chi connectivity index (χ4v) is 3.96. The zero-order valence-corrected chi connectivity index (χ0v) is 19.9. The van der Waals surface area contributed by atoms with Crippen LogP contribution in [0.15, 0.2) is 48.0 Å². The lowest BCUT2D eigenvalue weighted by Crippen LogP contribution is -2.31. The van der Waals surface area contributed by atoms with Crippen LogP contribution >= 0.6 is 11.6 Å². The maximum absolute atomic E-state index is 13.1. The Morgan fingerprint density at radius 2 is 1.85 bits per heavy atom. The third kappa shape index (κ3) is 5.40. The highest BCUT2D eigenvalue weighted by Gasteiger charge is 2.45. The van der Waals surface area contributed by atoms with Gasteiger partial charge in [-0.05, 0) is 49.2 Å². The molecule has 0 bridgehead atoms. The van der Waals surface area contributed by atoms with E-state index in [0.29, 0.717) is 47.3 Å². The molecule has 2 aromatic rings. The number of halogens is 1. The van der Waals surface area contributed by atoms with Gasteiger partial charge >= 0.3 is 5.97 Å². The fraction of sp³-hybridized carbons (Fsp3) is 0.320. The number of aliphatic hydroxyl groups is 1. The van der Waals surface area contributed by atoms with Gasteiger partial charge in [-0.15, -0.1) is 0 Å². The molecule has 1 unspecified atom stereocenters. The number of likely N-dealkylation sites (tertiary alicyclic amines) is 1. The molecule has 1 fully saturated rings. The number of benzene rings is 2. The lowest BCUT2D eigenvalue weighted by Gasteiger charge is -2.25. The quantitative estimate of drug-likeness (QED) is 0.142. The van der Waals surface area contributed by atoms with Crippen LogP contribution in [0.1, 0.15) is 37.4 Å². The molecule has 1 N–H and O–H groups in total. The van der Waals surface area contributed by atoms with Gasteiger partial charge in [0.05, 0.1) is 23.2 Å². The smallest absolute Gasteiger partial charge is 0.308 e. The number of hydrogen-bond acceptors (Lipinski definition) is 7. The SMILES string of the molecule is CCOc1cc(/C(O)=C2/C(=O)C(=O)N(CCCOC)C2c2ccc(OC(C)=O)cc2)ccc1Cl. The van der Waals surface area contributed by atoms with E-state index in [1.807, 2.05) is 0 Å². The standard InChI is InChI=1S/C25H26ClNO7/c1-4-33-20-14-17(8-11-19(20)26)23(29)21-22(16-6-9-18(10-7-16)34-15(2)28)27(12-5-13-32-3)25(31)24(21)30/h6-11,14,22,29H,4-5,12-13H2,1-3H3/b23-21-. The zero-order valence-electron chi connectivity index (χ0n) is 19.2. The van der Waals surface area contributed by atoms with Gasteiger partial charge in [0.1, 0.15) is 17.3 Å². The van der Waals surface area contributed by atoms with Gasteiger partial charge in [0.2, 0.25) is 0 Å². The molecule has 8 nitrogen and oxygen atoms in total. The van der Waals surface area contributed by atoms with E-state index in [0.717, 1.165) is 0 Å². The van der Waals surface area contributed by atoms with Crippen molar-refractivity contribution in [3.8, 4) is 11.5 Å². The molecular formula is C25H26ClNO7. The lowest BCUT2D eigenvalue weighted by molar-refractivity contribution is -0.140. The van der Waals surface area contributed by atoms with E-state index in [4.69, 9.17) is 25.8 Å². The minimum Gasteiger partial charge on any atom is -0.507 e. The summed E-state index contributed by atoms with van der Waals surface area (Å²) < 4.78 is 15.7. The van der Waals surface area contributed by atoms with E-state index in [-0.39, 0.29) is 17.9 Å². The molecule has 2 aromatic carbocycles. The number of carbonyl (C=O) groups excluding carboxylic acids is 3. The second-order valence-electron chi connectivity index (χ2n) is 7.58. The van der Waals surface area contributed by atoms with Gasteiger partial charge < -0.3 is 24.2 Å². The topological polar surface area (TPSA) is 102 Å². The number of ketones is 1. The van der Waals surface area contributed by atoms with Crippen LogP contribution in [0.2, 0.25) is 5.02 Å². The fourth-order valence-electron chi connectivity index (χ4n) is 3.79. The van der Waals surface area contributed by atoms with Crippen LogP contribution in [-0.4, -0.2) is 54.5 Å². The average Bonchev–Trinajstić information content (AvgIpc) is 3.05. The maximum Gasteiger partial charge on any atom is 0.308 e. The molecule has 0 aromatic heterocycles. The van der Waals surface area contributed by atoms with E-state index in [2.05, 4.69) is 0 Å². The number of hydrogen-bond donors (Lipinski definition) is 1. The molecule has 1 amide bonds. The first kappa shape index (κ1) is 25.3. The Morgan fingerprint density at radius 3 is 2.47 bits per heavy atom. The Hall–Kier alpha value is -3.36. The number of Topliss-reactive ketones (excluding diaryl/α,β-unsaturated/α-hetero) is 1. The minimum absolute atomic E-state index is 0.0487. The summed E-state index contributed by atoms with van der Waals surface area (Å²) in [6.07, 6.45) is 0.501. The summed E-state index contributed by atoms with van der Waals surface area (Å²) in [4.78, 5) is 38.7. The normalized spacial score (nSPS) is 17.2. The molecule has 1 saturated heterocycles. The Morgan fingerprint density at radius 1 is 1.15 bits per heavy atom. The van der Waals surface area contributed by atoms with Crippen molar-refractivity contribution in [1.82, 2.24) is 4.90 Å². The minimum atomic E-state index is -0.838. The van der Waals surface area contributed by atoms with Gasteiger partial charge in [0.25, 0.3) is 11.7 Å². The van der Waals surface area contributed by atoms with E-state index in [1.54, 1.807) is 50.4 Å². The second kappa shape index (κ2) is 11.2. The molecule has 1 heterocycles. The molecule has 9 heteroatoms. The molecular weight excluding hydrogens is 462 g/mol. The summed E-state index contributed by atoms with van der Waals surface area (Å²) in [6, 6.07) is 10.2. The van der Waals surface area contributed by atoms with Crippen molar-refractivity contribution in [2.24, 2.45) is 0 Å². The van der Waals surface area contributed by atoms with Crippen LogP contribution < -0.4 is 9.47 Å². The van der Waals surface area contributed by atoms with Crippen LogP contribution in [-0.2, 0) is 19.1 Å². The van der Waals surface area contributed by atoms with Crippen molar-refractivity contribution in [3.63, 3.8) is 0 Å². The largest absolute Gasteiger partial charge is 0.507 e. The molecule has 3 rings (SSSR count). The number of amides is 1. The number of carbonyl (C=O) groups is 3. The Kier molecular flexibility index (Phi) is 8.31. The van der Waals surface area contributed by atoms with Crippen molar-refractivity contribution in [2.75, 3.05) is 26.9 Å².